The number of hydrogen-bond acceptors (Lipinski definition) is 4. The van der Waals surface area contributed by atoms with Gasteiger partial charge in [0, 0.05) is 44.6 Å². The molecule has 2 atom stereocenters. The lowest BCUT2D eigenvalue weighted by Crippen LogP contribution is -2.58. The molecule has 2 unspecified atom stereocenters. The molecule has 0 radical (unpaired) electrons. The molecular formula is C12H23NO3. The van der Waals surface area contributed by atoms with Crippen molar-refractivity contribution in [1.82, 2.24) is 0 Å². The molecular weight excluding hydrogens is 206 g/mol. The van der Waals surface area contributed by atoms with E-state index in [0.717, 1.165) is 26.1 Å². The lowest BCUT2D eigenvalue weighted by atomic mass is 9.63. The van der Waals surface area contributed by atoms with E-state index in [9.17, 15) is 5.11 Å². The van der Waals surface area contributed by atoms with E-state index in [1.54, 1.807) is 0 Å². The molecule has 4 nitrogen and oxygen atoms in total. The third-order valence-electron chi connectivity index (χ3n) is 4.37. The Labute approximate surface area is 97.1 Å². The zero-order chi connectivity index (χ0) is 11.6. The van der Waals surface area contributed by atoms with Crippen molar-refractivity contribution in [3.63, 3.8) is 0 Å². The second kappa shape index (κ2) is 4.61. The van der Waals surface area contributed by atoms with Gasteiger partial charge in [-0.1, -0.05) is 0 Å². The summed E-state index contributed by atoms with van der Waals surface area (Å²) >= 11 is 0. The smallest absolute Gasteiger partial charge is 0.0763 e. The van der Waals surface area contributed by atoms with Gasteiger partial charge in [0.15, 0.2) is 0 Å². The quantitative estimate of drug-likeness (QED) is 0.730. The van der Waals surface area contributed by atoms with Crippen molar-refractivity contribution in [2.24, 2.45) is 11.1 Å². The van der Waals surface area contributed by atoms with Crippen molar-refractivity contribution < 1.29 is 14.6 Å². The molecule has 0 bridgehead atoms. The van der Waals surface area contributed by atoms with Crippen LogP contribution in [0.1, 0.15) is 32.6 Å². The number of hydrogen-bond donors (Lipinski definition) is 2. The van der Waals surface area contributed by atoms with Crippen LogP contribution in [0.2, 0.25) is 0 Å². The van der Waals surface area contributed by atoms with Crippen molar-refractivity contribution in [1.29, 1.82) is 0 Å². The molecule has 0 aromatic heterocycles. The highest BCUT2D eigenvalue weighted by Crippen LogP contribution is 2.46. The second-order valence-corrected chi connectivity index (χ2v) is 5.26. The maximum Gasteiger partial charge on any atom is 0.0763 e. The zero-order valence-electron chi connectivity index (χ0n) is 10.1. The van der Waals surface area contributed by atoms with Crippen LogP contribution in [-0.2, 0) is 9.47 Å². The summed E-state index contributed by atoms with van der Waals surface area (Å²) in [5.74, 6) is 0. The van der Waals surface area contributed by atoms with E-state index in [1.807, 2.05) is 6.92 Å². The third-order valence-corrected chi connectivity index (χ3v) is 4.37. The summed E-state index contributed by atoms with van der Waals surface area (Å²) in [4.78, 5) is 0. The van der Waals surface area contributed by atoms with Crippen LogP contribution in [0.25, 0.3) is 0 Å². The predicted octanol–water partition coefficient (Wildman–Crippen LogP) is 0.672. The number of nitrogens with two attached hydrogens (primary N) is 1. The molecule has 94 valence electrons. The molecule has 2 saturated heterocycles. The SMILES string of the molecule is CC1CC(O)(C2(CN)CCOCC2)CCO1. The van der Waals surface area contributed by atoms with Crippen LogP contribution < -0.4 is 5.73 Å². The first-order valence-corrected chi connectivity index (χ1v) is 6.24. The standard InChI is InChI=1S/C12H23NO3/c1-10-8-12(14,4-7-16-10)11(9-13)2-5-15-6-3-11/h10,14H,2-9,13H2,1H3. The molecule has 2 rings (SSSR count). The summed E-state index contributed by atoms with van der Waals surface area (Å²) in [6, 6.07) is 0. The lowest BCUT2D eigenvalue weighted by Gasteiger charge is -2.51. The second-order valence-electron chi connectivity index (χ2n) is 5.26. The Morgan fingerprint density at radius 3 is 2.50 bits per heavy atom. The minimum atomic E-state index is -0.663. The Hall–Kier alpha value is -0.160. The Balaban J connectivity index is 2.17. The summed E-state index contributed by atoms with van der Waals surface area (Å²) in [6.07, 6.45) is 3.27. The van der Waals surface area contributed by atoms with Crippen molar-refractivity contribution in [3.05, 3.63) is 0 Å². The number of ether oxygens (including phenoxy) is 2. The van der Waals surface area contributed by atoms with Gasteiger partial charge in [-0.2, -0.15) is 0 Å². The van der Waals surface area contributed by atoms with E-state index in [0.29, 0.717) is 26.0 Å². The maximum atomic E-state index is 10.9. The fraction of sp³-hybridized carbons (Fsp3) is 1.00. The van der Waals surface area contributed by atoms with E-state index < -0.39 is 5.60 Å². The number of aliphatic hydroxyl groups is 1. The highest BCUT2D eigenvalue weighted by atomic mass is 16.5. The average molecular weight is 229 g/mol. The Kier molecular flexibility index (Phi) is 3.54. The van der Waals surface area contributed by atoms with Gasteiger partial charge in [0.2, 0.25) is 0 Å². The molecule has 0 saturated carbocycles. The van der Waals surface area contributed by atoms with Crippen LogP contribution in [0, 0.1) is 5.41 Å². The lowest BCUT2D eigenvalue weighted by molar-refractivity contribution is -0.185. The van der Waals surface area contributed by atoms with E-state index in [4.69, 9.17) is 15.2 Å². The van der Waals surface area contributed by atoms with Crippen molar-refractivity contribution in [2.45, 2.75) is 44.3 Å². The first kappa shape index (κ1) is 12.3. The molecule has 16 heavy (non-hydrogen) atoms. The van der Waals surface area contributed by atoms with Crippen molar-refractivity contribution >= 4 is 0 Å². The van der Waals surface area contributed by atoms with Gasteiger partial charge in [0.1, 0.15) is 0 Å². The van der Waals surface area contributed by atoms with Crippen molar-refractivity contribution in [3.8, 4) is 0 Å². The molecule has 2 aliphatic rings. The van der Waals surface area contributed by atoms with Gasteiger partial charge in [-0.15, -0.1) is 0 Å². The molecule has 2 fully saturated rings. The fourth-order valence-electron chi connectivity index (χ4n) is 3.17. The summed E-state index contributed by atoms with van der Waals surface area (Å²) in [5, 5.41) is 10.9. The van der Waals surface area contributed by atoms with Gasteiger partial charge in [0.25, 0.3) is 0 Å². The molecule has 4 heteroatoms. The van der Waals surface area contributed by atoms with Crippen molar-refractivity contribution in [2.75, 3.05) is 26.4 Å². The first-order chi connectivity index (χ1) is 7.62. The topological polar surface area (TPSA) is 64.7 Å². The van der Waals surface area contributed by atoms with Crippen LogP contribution in [0.5, 0.6) is 0 Å². The minimum absolute atomic E-state index is 0.130. The zero-order valence-corrected chi connectivity index (χ0v) is 10.1. The van der Waals surface area contributed by atoms with E-state index in [1.165, 1.54) is 0 Å². The highest BCUT2D eigenvalue weighted by molar-refractivity contribution is 5.02. The van der Waals surface area contributed by atoms with Crippen LogP contribution in [0.15, 0.2) is 0 Å². The summed E-state index contributed by atoms with van der Waals surface area (Å²) in [6.45, 7) is 4.64. The molecule has 0 aromatic rings. The predicted molar refractivity (Wildman–Crippen MR) is 61.1 cm³/mol. The number of rotatable bonds is 2. The Morgan fingerprint density at radius 2 is 1.94 bits per heavy atom. The van der Waals surface area contributed by atoms with Gasteiger partial charge in [0.05, 0.1) is 11.7 Å². The van der Waals surface area contributed by atoms with Gasteiger partial charge in [-0.05, 0) is 19.8 Å². The summed E-state index contributed by atoms with van der Waals surface area (Å²) in [7, 11) is 0. The van der Waals surface area contributed by atoms with E-state index in [2.05, 4.69) is 0 Å². The minimum Gasteiger partial charge on any atom is -0.389 e. The van der Waals surface area contributed by atoms with Gasteiger partial charge in [-0.25, -0.2) is 0 Å². The van der Waals surface area contributed by atoms with Gasteiger partial charge < -0.3 is 20.3 Å². The largest absolute Gasteiger partial charge is 0.389 e. The fourth-order valence-corrected chi connectivity index (χ4v) is 3.17. The molecule has 2 heterocycles. The summed E-state index contributed by atoms with van der Waals surface area (Å²) in [5.41, 5.74) is 5.12. The highest BCUT2D eigenvalue weighted by Gasteiger charge is 2.51. The normalized spacial score (nSPS) is 39.6. The average Bonchev–Trinajstić information content (AvgIpc) is 2.29. The molecule has 2 aliphatic heterocycles. The third kappa shape index (κ3) is 1.99. The first-order valence-electron chi connectivity index (χ1n) is 6.24. The Morgan fingerprint density at radius 1 is 1.25 bits per heavy atom. The van der Waals surface area contributed by atoms with Crippen LogP contribution in [0.4, 0.5) is 0 Å². The van der Waals surface area contributed by atoms with E-state index >= 15 is 0 Å². The van der Waals surface area contributed by atoms with E-state index in [-0.39, 0.29) is 11.5 Å². The maximum absolute atomic E-state index is 10.9. The molecule has 3 N–H and O–H groups in total. The van der Waals surface area contributed by atoms with Crippen LogP contribution >= 0.6 is 0 Å². The monoisotopic (exact) mass is 229 g/mol. The van der Waals surface area contributed by atoms with Gasteiger partial charge >= 0.3 is 0 Å². The van der Waals surface area contributed by atoms with Gasteiger partial charge in [-0.3, -0.25) is 0 Å². The summed E-state index contributed by atoms with van der Waals surface area (Å²) < 4.78 is 10.9. The molecule has 0 aliphatic carbocycles. The molecule has 0 aromatic carbocycles. The molecule has 0 amide bonds. The Bertz CT molecular complexity index is 240. The van der Waals surface area contributed by atoms with Crippen LogP contribution in [-0.4, -0.2) is 43.2 Å². The molecule has 0 spiro atoms. The van der Waals surface area contributed by atoms with Crippen LogP contribution in [0.3, 0.4) is 0 Å².